The Morgan fingerprint density at radius 2 is 0.960 bits per heavy atom. The lowest BCUT2D eigenvalue weighted by Gasteiger charge is -2.49. The fourth-order valence-corrected chi connectivity index (χ4v) is 14.0. The van der Waals surface area contributed by atoms with Crippen LogP contribution in [-0.4, -0.2) is 164 Å². The van der Waals surface area contributed by atoms with Gasteiger partial charge in [-0.25, -0.2) is 46.3 Å². The number of ether oxygens (including phenoxy) is 8. The SMILES string of the molecule is Cc1nc(C2OC3COC(c4ccccc4)OC3C(n3cc(-c4cc(F)c(Cl)c(F)c4)nn3)C2OCC(=O)N2CCN(C(=O)COC3C(c4nc(C)nn4-c4cc(Cl)ccc4Cl)OC4OC(c5ccccc5)OC4C3n3cc(-c4cc(F)c(Cl)c(F)c4)nn3)CC2)n(-c2cc(Cl)ccc2Cl)n1. The molecule has 34 heteroatoms. The van der Waals surface area contributed by atoms with Crippen LogP contribution < -0.4 is 0 Å². The van der Waals surface area contributed by atoms with E-state index in [1.165, 1.54) is 40.9 Å². The number of hydrogen-bond acceptors (Lipinski definition) is 18. The van der Waals surface area contributed by atoms with Crippen molar-refractivity contribution >= 4 is 81.4 Å². The molecule has 5 fully saturated rings. The largest absolute Gasteiger partial charge is 0.363 e. The third-order valence-electron chi connectivity index (χ3n) is 17.8. The third kappa shape index (κ3) is 13.7. The molecule has 5 aliphatic rings. The van der Waals surface area contributed by atoms with Crippen LogP contribution in [0, 0.1) is 37.1 Å². The molecule has 2 amide bonds. The molecule has 9 heterocycles. The summed E-state index contributed by atoms with van der Waals surface area (Å²) in [5.74, 6) is -4.20. The summed E-state index contributed by atoms with van der Waals surface area (Å²) in [6.45, 7) is 2.20. The number of amides is 2. The fraction of sp³-hybridized carbons (Fsp3) is 0.313. The predicted octanol–water partition coefficient (Wildman–Crippen LogP) is 12.1. The molecule has 0 spiro atoms. The minimum Gasteiger partial charge on any atom is -0.363 e. The number of fused-ring (bicyclic) bond motifs is 2. The average molecular weight is 1500 g/mol. The van der Waals surface area contributed by atoms with Gasteiger partial charge in [-0.2, -0.15) is 10.2 Å². The van der Waals surface area contributed by atoms with Gasteiger partial charge < -0.3 is 47.7 Å². The molecular weight excluding hydrogens is 1450 g/mol. The number of carbonyl (C=O) groups is 2. The second kappa shape index (κ2) is 28.7. The summed E-state index contributed by atoms with van der Waals surface area (Å²) in [7, 11) is 0. The minimum atomic E-state index is -1.29. The van der Waals surface area contributed by atoms with Crippen LogP contribution in [0.4, 0.5) is 17.6 Å². The first-order valence-electron chi connectivity index (χ1n) is 31.5. The zero-order valence-corrected chi connectivity index (χ0v) is 57.2. The fourth-order valence-electron chi connectivity index (χ4n) is 13.0. The highest BCUT2D eigenvalue weighted by Crippen LogP contribution is 2.50. The molecule has 10 aromatic rings. The summed E-state index contributed by atoms with van der Waals surface area (Å²) in [6, 6.07) is 29.7. The van der Waals surface area contributed by atoms with Gasteiger partial charge in [-0.05, 0) is 74.5 Å². The standard InChI is InChI=1S/C67H54Cl6F4N14O10/c1-32-78-63(90(82-32)48-25-38(68)13-15-40(48)70)61-58(55(57-50(97-61)29-96-65(98-57)34-9-5-3-6-10-34)88-27-46(80-84-88)36-21-42(74)53(72)43(75)22-36)94-30-51(92)86-17-19-87(20-18-86)52(93)31-95-59-56(89-28-47(81-85-89)37-23-44(76)54(73)45(77)24-37)60-67(101-66(99-60)35-11-7-4-8-12-35)100-62(59)64-79-33(2)83-91(64)49-26-39(69)14-16-41(49)71/h3-16,21-28,50,55-62,65-67H,17-20,29-31H2,1-2H3. The first-order chi connectivity index (χ1) is 48.8. The molecule has 15 rings (SSSR count). The first kappa shape index (κ1) is 68.7. The van der Waals surface area contributed by atoms with E-state index in [-0.39, 0.29) is 82.8 Å². The number of benzene rings is 6. The monoisotopic (exact) mass is 1500 g/mol. The molecule has 0 bridgehead atoms. The van der Waals surface area contributed by atoms with E-state index in [1.807, 2.05) is 60.7 Å². The lowest BCUT2D eigenvalue weighted by atomic mass is 9.90. The number of carbonyl (C=O) groups excluding carboxylic acids is 2. The van der Waals surface area contributed by atoms with Crippen LogP contribution in [0.2, 0.25) is 30.1 Å². The van der Waals surface area contributed by atoms with Crippen molar-refractivity contribution in [3.63, 3.8) is 0 Å². The maximum Gasteiger partial charge on any atom is 0.248 e. The van der Waals surface area contributed by atoms with E-state index in [9.17, 15) is 9.59 Å². The molecule has 5 aliphatic heterocycles. The van der Waals surface area contributed by atoms with Gasteiger partial charge in [0.2, 0.25) is 11.8 Å². The molecule has 12 atom stereocenters. The van der Waals surface area contributed by atoms with Crippen LogP contribution in [0.15, 0.2) is 134 Å². The van der Waals surface area contributed by atoms with E-state index in [4.69, 9.17) is 128 Å². The van der Waals surface area contributed by atoms with Crippen LogP contribution in [0.5, 0.6) is 0 Å². The Balaban J connectivity index is 0.722. The highest BCUT2D eigenvalue weighted by Gasteiger charge is 2.58. The summed E-state index contributed by atoms with van der Waals surface area (Å²) in [6.07, 6.45) is -8.23. The molecule has 522 valence electrons. The molecule has 101 heavy (non-hydrogen) atoms. The van der Waals surface area contributed by atoms with Crippen LogP contribution in [0.25, 0.3) is 33.9 Å². The Morgan fingerprint density at radius 3 is 1.44 bits per heavy atom. The number of nitrogens with zero attached hydrogens (tertiary/aromatic N) is 14. The Labute approximate surface area is 601 Å². The summed E-state index contributed by atoms with van der Waals surface area (Å²) in [5, 5.41) is 26.8. The second-order valence-corrected chi connectivity index (χ2v) is 26.6. The molecule has 0 radical (unpaired) electrons. The maximum atomic E-state index is 15.1. The zero-order chi connectivity index (χ0) is 70.1. The average Bonchev–Trinajstić information content (AvgIpc) is 1.66. The molecule has 12 unspecified atom stereocenters. The van der Waals surface area contributed by atoms with Crippen LogP contribution in [0.3, 0.4) is 0 Å². The summed E-state index contributed by atoms with van der Waals surface area (Å²) in [5.41, 5.74) is 2.08. The van der Waals surface area contributed by atoms with E-state index in [1.54, 1.807) is 50.2 Å². The number of rotatable bonds is 16. The molecule has 0 N–H and O–H groups in total. The van der Waals surface area contributed by atoms with Gasteiger partial charge in [0, 0.05) is 58.5 Å². The number of hydrogen-bond donors (Lipinski definition) is 0. The number of piperazine rings is 1. The minimum absolute atomic E-state index is 0.00682. The number of aryl methyl sites for hydroxylation is 2. The number of aromatic nitrogens is 12. The predicted molar refractivity (Wildman–Crippen MR) is 354 cm³/mol. The lowest BCUT2D eigenvalue weighted by molar-refractivity contribution is -0.322. The van der Waals surface area contributed by atoms with E-state index < -0.39 is 132 Å². The van der Waals surface area contributed by atoms with Gasteiger partial charge in [0.05, 0.1) is 40.4 Å². The van der Waals surface area contributed by atoms with Crippen molar-refractivity contribution in [1.29, 1.82) is 0 Å². The number of halogens is 10. The van der Waals surface area contributed by atoms with E-state index in [2.05, 4.69) is 20.6 Å². The van der Waals surface area contributed by atoms with Crippen molar-refractivity contribution in [3.05, 3.63) is 222 Å². The van der Waals surface area contributed by atoms with E-state index in [0.29, 0.717) is 38.4 Å². The van der Waals surface area contributed by atoms with Crippen molar-refractivity contribution in [1.82, 2.24) is 69.3 Å². The smallest absolute Gasteiger partial charge is 0.248 e. The molecule has 0 saturated carbocycles. The summed E-state index contributed by atoms with van der Waals surface area (Å²) in [4.78, 5) is 42.4. The van der Waals surface area contributed by atoms with E-state index >= 15 is 17.6 Å². The van der Waals surface area contributed by atoms with Gasteiger partial charge in [0.15, 0.2) is 30.5 Å². The van der Waals surface area contributed by atoms with Crippen molar-refractivity contribution < 1.29 is 65.0 Å². The van der Waals surface area contributed by atoms with Crippen LogP contribution in [-0.2, 0) is 47.5 Å². The van der Waals surface area contributed by atoms with Gasteiger partial charge in [-0.1, -0.05) is 141 Å². The molecule has 5 saturated heterocycles. The van der Waals surface area contributed by atoms with Gasteiger partial charge in [0.1, 0.15) is 124 Å². The van der Waals surface area contributed by atoms with Crippen LogP contribution >= 0.6 is 69.6 Å². The normalized spacial score (nSPS) is 24.4. The second-order valence-electron chi connectivity index (χ2n) is 24.2. The highest BCUT2D eigenvalue weighted by atomic mass is 35.5. The summed E-state index contributed by atoms with van der Waals surface area (Å²) >= 11 is 38.6. The Kier molecular flexibility index (Phi) is 19.5. The zero-order valence-electron chi connectivity index (χ0n) is 52.7. The van der Waals surface area contributed by atoms with Gasteiger partial charge in [0.25, 0.3) is 0 Å². The first-order valence-corrected chi connectivity index (χ1v) is 33.7. The molecular formula is C67H54Cl6F4N14O10. The van der Waals surface area contributed by atoms with E-state index in [0.717, 1.165) is 24.3 Å². The van der Waals surface area contributed by atoms with Crippen molar-refractivity contribution in [2.45, 2.75) is 87.5 Å². The Morgan fingerprint density at radius 1 is 0.525 bits per heavy atom. The quantitative estimate of drug-likeness (QED) is 0.0645. The maximum absolute atomic E-state index is 15.1. The van der Waals surface area contributed by atoms with Crippen molar-refractivity contribution in [2.24, 2.45) is 0 Å². The van der Waals surface area contributed by atoms with Crippen molar-refractivity contribution in [3.8, 4) is 33.9 Å². The van der Waals surface area contributed by atoms with Gasteiger partial charge >= 0.3 is 0 Å². The topological polar surface area (TPSA) is 237 Å². The Bertz CT molecular complexity index is 4720. The highest BCUT2D eigenvalue weighted by molar-refractivity contribution is 6.35. The molecule has 0 aliphatic carbocycles. The van der Waals surface area contributed by atoms with Crippen molar-refractivity contribution in [2.75, 3.05) is 46.0 Å². The summed E-state index contributed by atoms with van der Waals surface area (Å²) < 4.78 is 120. The molecule has 24 nitrogen and oxygen atoms in total. The Hall–Kier alpha value is -8.04. The van der Waals surface area contributed by atoms with Gasteiger partial charge in [-0.3, -0.25) is 9.59 Å². The lowest BCUT2D eigenvalue weighted by Crippen LogP contribution is -2.58. The third-order valence-corrected chi connectivity index (χ3v) is 19.6. The molecule has 4 aromatic heterocycles. The van der Waals surface area contributed by atoms with Crippen LogP contribution in [0.1, 0.15) is 71.3 Å². The van der Waals surface area contributed by atoms with Gasteiger partial charge in [-0.15, -0.1) is 10.2 Å². The molecule has 6 aromatic carbocycles.